The van der Waals surface area contributed by atoms with Crippen molar-refractivity contribution in [2.45, 2.75) is 111 Å². The molecule has 0 nitrogen and oxygen atoms in total. The highest BCUT2D eigenvalue weighted by atomic mass is 14.6. The molecule has 5 rings (SSSR count). The number of allylic oxidation sites excluding steroid dienone is 4. The van der Waals surface area contributed by atoms with Gasteiger partial charge in [0, 0.05) is 0 Å². The molecule has 192 valence electrons. The second-order valence-electron chi connectivity index (χ2n) is 13.3. The van der Waals surface area contributed by atoms with Crippen LogP contribution in [0.25, 0.3) is 5.57 Å². The second-order valence-corrected chi connectivity index (χ2v) is 13.3. The third kappa shape index (κ3) is 5.10. The standard InChI is InChI=1S/C35H52/c1-5-25(3)23-26-15-18-31-29(24-26)16-19-33-32(31)21-22-35(4)30(17-20-34(33)35)14-10-13-27(6-2)28-11-8-7-9-12-28/h6-9,11-12,23,25,29-34H,5,10,13-22,24H2,1-4H3/b26-23+,27-6?/t25?,29?,30?,31?,32-,33-,34+,35-/m1/s1. The monoisotopic (exact) mass is 472 g/mol. The van der Waals surface area contributed by atoms with Gasteiger partial charge in [0.15, 0.2) is 0 Å². The predicted molar refractivity (Wildman–Crippen MR) is 152 cm³/mol. The topological polar surface area (TPSA) is 0 Å². The summed E-state index contributed by atoms with van der Waals surface area (Å²) in [5.74, 6) is 6.95. The Hall–Kier alpha value is -1.30. The highest BCUT2D eigenvalue weighted by Crippen LogP contribution is 2.65. The Morgan fingerprint density at radius 1 is 1.00 bits per heavy atom. The van der Waals surface area contributed by atoms with Gasteiger partial charge in [-0.3, -0.25) is 0 Å². The summed E-state index contributed by atoms with van der Waals surface area (Å²) in [5.41, 5.74) is 5.42. The van der Waals surface area contributed by atoms with Crippen LogP contribution >= 0.6 is 0 Å². The first-order valence-electron chi connectivity index (χ1n) is 15.4. The van der Waals surface area contributed by atoms with E-state index < -0.39 is 0 Å². The highest BCUT2D eigenvalue weighted by Gasteiger charge is 2.56. The average molecular weight is 473 g/mol. The minimum atomic E-state index is 0.632. The molecular formula is C35H52. The molecule has 0 aromatic heterocycles. The fraction of sp³-hybridized carbons (Fsp3) is 0.714. The molecule has 0 spiro atoms. The molecular weight excluding hydrogens is 420 g/mol. The van der Waals surface area contributed by atoms with Gasteiger partial charge >= 0.3 is 0 Å². The van der Waals surface area contributed by atoms with Crippen molar-refractivity contribution in [2.75, 3.05) is 0 Å². The van der Waals surface area contributed by atoms with Gasteiger partial charge in [-0.05, 0) is 142 Å². The maximum atomic E-state index is 2.74. The molecule has 1 aromatic rings. The third-order valence-corrected chi connectivity index (χ3v) is 11.7. The normalized spacial score (nSPS) is 39.1. The Morgan fingerprint density at radius 2 is 1.83 bits per heavy atom. The van der Waals surface area contributed by atoms with E-state index in [-0.39, 0.29) is 0 Å². The molecule has 4 fully saturated rings. The fourth-order valence-electron chi connectivity index (χ4n) is 9.63. The minimum Gasteiger partial charge on any atom is -0.0838 e. The van der Waals surface area contributed by atoms with Crippen LogP contribution in [0.4, 0.5) is 0 Å². The molecule has 1 aromatic carbocycles. The predicted octanol–water partition coefficient (Wildman–Crippen LogP) is 10.5. The van der Waals surface area contributed by atoms with Crippen LogP contribution in [0.1, 0.15) is 117 Å². The van der Waals surface area contributed by atoms with Crippen molar-refractivity contribution < 1.29 is 0 Å². The van der Waals surface area contributed by atoms with E-state index in [1.165, 1.54) is 76.2 Å². The van der Waals surface area contributed by atoms with Gasteiger partial charge in [-0.25, -0.2) is 0 Å². The lowest BCUT2D eigenvalue weighted by Crippen LogP contribution is -2.48. The van der Waals surface area contributed by atoms with E-state index in [1.54, 1.807) is 18.4 Å². The van der Waals surface area contributed by atoms with Crippen LogP contribution in [0.15, 0.2) is 48.1 Å². The molecule has 0 N–H and O–H groups in total. The van der Waals surface area contributed by atoms with Crippen LogP contribution in [0.5, 0.6) is 0 Å². The molecule has 4 aliphatic rings. The summed E-state index contributed by atoms with van der Waals surface area (Å²) < 4.78 is 0. The van der Waals surface area contributed by atoms with Crippen LogP contribution < -0.4 is 0 Å². The van der Waals surface area contributed by atoms with Gasteiger partial charge in [-0.1, -0.05) is 75.2 Å². The van der Waals surface area contributed by atoms with Crippen molar-refractivity contribution in [1.82, 2.24) is 0 Å². The van der Waals surface area contributed by atoms with Crippen LogP contribution in [0.2, 0.25) is 0 Å². The summed E-state index contributed by atoms with van der Waals surface area (Å²) in [4.78, 5) is 0. The number of hydrogen-bond donors (Lipinski definition) is 0. The smallest absolute Gasteiger partial charge is 0.0228 e. The third-order valence-electron chi connectivity index (χ3n) is 11.7. The molecule has 0 heteroatoms. The van der Waals surface area contributed by atoms with Crippen molar-refractivity contribution in [3.05, 3.63) is 53.6 Å². The van der Waals surface area contributed by atoms with Crippen LogP contribution in [0, 0.1) is 46.8 Å². The molecule has 0 heterocycles. The van der Waals surface area contributed by atoms with E-state index in [1.807, 2.05) is 5.57 Å². The Labute approximate surface area is 217 Å². The van der Waals surface area contributed by atoms with Gasteiger partial charge < -0.3 is 0 Å². The quantitative estimate of drug-likeness (QED) is 0.346. The summed E-state index contributed by atoms with van der Waals surface area (Å²) in [6.07, 6.45) is 23.9. The summed E-state index contributed by atoms with van der Waals surface area (Å²) in [7, 11) is 0. The van der Waals surface area contributed by atoms with Gasteiger partial charge in [0.1, 0.15) is 0 Å². The fourth-order valence-corrected chi connectivity index (χ4v) is 9.63. The first-order valence-corrected chi connectivity index (χ1v) is 15.4. The summed E-state index contributed by atoms with van der Waals surface area (Å²) in [6, 6.07) is 11.1. The zero-order valence-electron chi connectivity index (χ0n) is 23.3. The van der Waals surface area contributed by atoms with E-state index in [0.29, 0.717) is 5.41 Å². The van der Waals surface area contributed by atoms with Crippen molar-refractivity contribution in [1.29, 1.82) is 0 Å². The number of hydrogen-bond acceptors (Lipinski definition) is 0. The largest absolute Gasteiger partial charge is 0.0838 e. The summed E-state index contributed by atoms with van der Waals surface area (Å²) >= 11 is 0. The summed E-state index contributed by atoms with van der Waals surface area (Å²) in [6.45, 7) is 9.71. The summed E-state index contributed by atoms with van der Waals surface area (Å²) in [5, 5.41) is 0. The molecule has 4 unspecified atom stereocenters. The second kappa shape index (κ2) is 11.0. The van der Waals surface area contributed by atoms with Crippen molar-refractivity contribution in [3.8, 4) is 0 Å². The molecule has 4 saturated carbocycles. The Bertz CT molecular complexity index is 890. The minimum absolute atomic E-state index is 0.632. The molecule has 8 atom stereocenters. The van der Waals surface area contributed by atoms with Gasteiger partial charge in [-0.2, -0.15) is 0 Å². The maximum absolute atomic E-state index is 2.74. The van der Waals surface area contributed by atoms with Gasteiger partial charge in [-0.15, -0.1) is 0 Å². The molecule has 0 radical (unpaired) electrons. The number of benzene rings is 1. The van der Waals surface area contributed by atoms with Crippen molar-refractivity contribution >= 4 is 5.57 Å². The van der Waals surface area contributed by atoms with Crippen molar-refractivity contribution in [2.24, 2.45) is 46.8 Å². The highest BCUT2D eigenvalue weighted by molar-refractivity contribution is 5.65. The Kier molecular flexibility index (Phi) is 7.96. The molecule has 35 heavy (non-hydrogen) atoms. The lowest BCUT2D eigenvalue weighted by Gasteiger charge is -2.56. The molecule has 0 bridgehead atoms. The number of fused-ring (bicyclic) bond motifs is 5. The molecule has 0 saturated heterocycles. The van der Waals surface area contributed by atoms with E-state index >= 15 is 0 Å². The van der Waals surface area contributed by atoms with Crippen LogP contribution in [0.3, 0.4) is 0 Å². The van der Waals surface area contributed by atoms with E-state index in [4.69, 9.17) is 0 Å². The van der Waals surface area contributed by atoms with Gasteiger partial charge in [0.05, 0.1) is 0 Å². The first kappa shape index (κ1) is 25.4. The average Bonchev–Trinajstić information content (AvgIpc) is 3.23. The maximum Gasteiger partial charge on any atom is -0.0228 e. The van der Waals surface area contributed by atoms with Gasteiger partial charge in [0.2, 0.25) is 0 Å². The first-order chi connectivity index (χ1) is 17.0. The van der Waals surface area contributed by atoms with E-state index in [9.17, 15) is 0 Å². The van der Waals surface area contributed by atoms with Crippen molar-refractivity contribution in [3.63, 3.8) is 0 Å². The zero-order valence-corrected chi connectivity index (χ0v) is 23.3. The van der Waals surface area contributed by atoms with Crippen LogP contribution in [-0.2, 0) is 0 Å². The van der Waals surface area contributed by atoms with Crippen LogP contribution in [-0.4, -0.2) is 0 Å². The number of rotatable bonds is 7. The SMILES string of the molecule is CC=C(CCCC1CC[C@H]2[C@@H]3CCC4C/C(=C/C(C)CC)CCC4[C@H]3CC[C@]12C)c1ccccc1. The van der Waals surface area contributed by atoms with E-state index in [0.717, 1.165) is 41.4 Å². The zero-order chi connectivity index (χ0) is 24.4. The lowest BCUT2D eigenvalue weighted by molar-refractivity contribution is -0.0587. The van der Waals surface area contributed by atoms with E-state index in [2.05, 4.69) is 70.2 Å². The molecule has 4 aliphatic carbocycles. The Balaban J connectivity index is 1.19. The molecule has 0 amide bonds. The lowest BCUT2D eigenvalue weighted by atomic mass is 9.49. The van der Waals surface area contributed by atoms with Gasteiger partial charge in [0.25, 0.3) is 0 Å². The Morgan fingerprint density at radius 3 is 2.60 bits per heavy atom. The molecule has 0 aliphatic heterocycles.